The normalized spacial score (nSPS) is 14.4. The molecule has 0 fully saturated rings. The van der Waals surface area contributed by atoms with Crippen LogP contribution >= 0.6 is 0 Å². The highest BCUT2D eigenvalue weighted by Crippen LogP contribution is 2.21. The van der Waals surface area contributed by atoms with Gasteiger partial charge in [0.2, 0.25) is 5.91 Å². The summed E-state index contributed by atoms with van der Waals surface area (Å²) in [6.45, 7) is 5.30. The molecule has 27 heavy (non-hydrogen) atoms. The summed E-state index contributed by atoms with van der Waals surface area (Å²) in [6.07, 6.45) is 4.01. The molecule has 0 bridgehead atoms. The second-order valence-corrected chi connectivity index (χ2v) is 7.44. The van der Waals surface area contributed by atoms with Crippen LogP contribution in [0.15, 0.2) is 35.0 Å². The van der Waals surface area contributed by atoms with Crippen molar-refractivity contribution in [3.05, 3.63) is 35.5 Å². The van der Waals surface area contributed by atoms with Gasteiger partial charge in [0.05, 0.1) is 0 Å². The quantitative estimate of drug-likeness (QED) is 0.568. The minimum absolute atomic E-state index is 0.164. The predicted octanol–water partition coefficient (Wildman–Crippen LogP) is 2.18. The number of anilines is 2. The van der Waals surface area contributed by atoms with Crippen molar-refractivity contribution in [1.29, 1.82) is 0 Å². The summed E-state index contributed by atoms with van der Waals surface area (Å²) >= 11 is 0. The van der Waals surface area contributed by atoms with Gasteiger partial charge in [0.1, 0.15) is 6.04 Å². The van der Waals surface area contributed by atoms with E-state index < -0.39 is 23.3 Å². The van der Waals surface area contributed by atoms with Crippen LogP contribution in [0.3, 0.4) is 0 Å². The van der Waals surface area contributed by atoms with Gasteiger partial charge in [-0.05, 0) is 23.8 Å². The number of amides is 2. The van der Waals surface area contributed by atoms with E-state index in [1.165, 1.54) is 18.2 Å². The van der Waals surface area contributed by atoms with Crippen LogP contribution in [-0.2, 0) is 9.59 Å². The topological polar surface area (TPSA) is 134 Å². The molecule has 2 rings (SSSR count). The Kier molecular flexibility index (Phi) is 5.99. The van der Waals surface area contributed by atoms with Gasteiger partial charge < -0.3 is 21.5 Å². The molecule has 8 nitrogen and oxygen atoms in total. The summed E-state index contributed by atoms with van der Waals surface area (Å²) in [7, 11) is 0. The van der Waals surface area contributed by atoms with Gasteiger partial charge in [0.15, 0.2) is 0 Å². The van der Waals surface area contributed by atoms with Crippen LogP contribution in [-0.4, -0.2) is 35.1 Å². The fourth-order valence-corrected chi connectivity index (χ4v) is 2.39. The zero-order valence-electron chi connectivity index (χ0n) is 15.6. The number of benzene rings is 1. The summed E-state index contributed by atoms with van der Waals surface area (Å²) in [5, 5.41) is 14.6. The highest BCUT2D eigenvalue weighted by molar-refractivity contribution is 6.00. The van der Waals surface area contributed by atoms with Gasteiger partial charge in [0.25, 0.3) is 5.91 Å². The molecule has 1 heterocycles. The number of hydrogen-bond acceptors (Lipinski definition) is 5. The fraction of sp³-hybridized carbons (Fsp3) is 0.368. The first kappa shape index (κ1) is 20.2. The van der Waals surface area contributed by atoms with Crippen molar-refractivity contribution in [3.8, 4) is 0 Å². The third-order valence-corrected chi connectivity index (χ3v) is 3.94. The first-order valence-corrected chi connectivity index (χ1v) is 8.51. The standard InChI is InChI=1S/C19H24N4O4/c1-19(2,3)18(27)22-14-8-12(7-13(20)9-14)16(24)23-15(17(25)26)6-11-4-5-21-10-11/h5,7-10,15H,4,6,20H2,1-3H3,(H,22,27)(H,23,24)(H,25,26). The number of nitrogens with one attached hydrogen (secondary N) is 2. The number of nitrogen functional groups attached to an aromatic ring is 1. The molecular weight excluding hydrogens is 348 g/mol. The molecule has 0 saturated heterocycles. The van der Waals surface area contributed by atoms with E-state index in [1.54, 1.807) is 33.2 Å². The monoisotopic (exact) mass is 372 g/mol. The van der Waals surface area contributed by atoms with E-state index in [4.69, 9.17) is 5.73 Å². The van der Waals surface area contributed by atoms with Gasteiger partial charge in [0, 0.05) is 47.6 Å². The lowest BCUT2D eigenvalue weighted by molar-refractivity contribution is -0.139. The van der Waals surface area contributed by atoms with Crippen LogP contribution in [0.2, 0.25) is 0 Å². The third kappa shape index (κ3) is 5.67. The Morgan fingerprint density at radius 2 is 1.96 bits per heavy atom. The van der Waals surface area contributed by atoms with E-state index in [-0.39, 0.29) is 23.6 Å². The Bertz CT molecular complexity index is 821. The SMILES string of the molecule is CC(C)(C)C(=O)Nc1cc(N)cc(C(=O)NC(CC2=CN=CC2)C(=O)O)c1. The number of rotatable bonds is 6. The summed E-state index contributed by atoms with van der Waals surface area (Å²) in [6, 6.07) is 3.35. The van der Waals surface area contributed by atoms with E-state index >= 15 is 0 Å². The van der Waals surface area contributed by atoms with Crippen molar-refractivity contribution in [2.24, 2.45) is 10.4 Å². The number of nitrogens with zero attached hydrogens (tertiary/aromatic N) is 1. The Morgan fingerprint density at radius 1 is 1.26 bits per heavy atom. The molecule has 144 valence electrons. The molecule has 1 aliphatic heterocycles. The molecule has 0 spiro atoms. The van der Waals surface area contributed by atoms with Crippen LogP contribution in [0.1, 0.15) is 44.0 Å². The van der Waals surface area contributed by atoms with Crippen molar-refractivity contribution in [2.45, 2.75) is 39.7 Å². The van der Waals surface area contributed by atoms with Gasteiger partial charge >= 0.3 is 5.97 Å². The first-order chi connectivity index (χ1) is 12.6. The zero-order valence-corrected chi connectivity index (χ0v) is 15.6. The molecule has 2 amide bonds. The van der Waals surface area contributed by atoms with Gasteiger partial charge in [-0.25, -0.2) is 4.79 Å². The molecule has 1 aromatic rings. The number of nitrogens with two attached hydrogens (primary N) is 1. The Labute approximate surface area is 157 Å². The Hall–Kier alpha value is -3.16. The molecule has 8 heteroatoms. The van der Waals surface area contributed by atoms with Crippen LogP contribution in [0.5, 0.6) is 0 Å². The molecule has 0 radical (unpaired) electrons. The maximum Gasteiger partial charge on any atom is 0.326 e. The number of carboxylic acids is 1. The van der Waals surface area contributed by atoms with E-state index in [0.717, 1.165) is 5.57 Å². The maximum absolute atomic E-state index is 12.5. The average molecular weight is 372 g/mol. The van der Waals surface area contributed by atoms with Crippen LogP contribution in [0, 0.1) is 5.41 Å². The maximum atomic E-state index is 12.5. The number of aliphatic imine (C=N–C) groups is 1. The number of carboxylic acid groups (broad SMARTS) is 1. The second-order valence-electron chi connectivity index (χ2n) is 7.44. The highest BCUT2D eigenvalue weighted by atomic mass is 16.4. The second kappa shape index (κ2) is 8.03. The third-order valence-electron chi connectivity index (χ3n) is 3.94. The minimum Gasteiger partial charge on any atom is -0.480 e. The molecule has 5 N–H and O–H groups in total. The van der Waals surface area contributed by atoms with Crippen LogP contribution in [0.25, 0.3) is 0 Å². The largest absolute Gasteiger partial charge is 0.480 e. The lowest BCUT2D eigenvalue weighted by atomic mass is 9.95. The predicted molar refractivity (Wildman–Crippen MR) is 104 cm³/mol. The van der Waals surface area contributed by atoms with E-state index in [1.807, 2.05) is 0 Å². The van der Waals surface area contributed by atoms with Crippen molar-refractivity contribution in [1.82, 2.24) is 5.32 Å². The number of aliphatic carboxylic acids is 1. The summed E-state index contributed by atoms with van der Waals surface area (Å²) in [5.41, 5.74) is 6.87. The van der Waals surface area contributed by atoms with Gasteiger partial charge in [-0.3, -0.25) is 14.6 Å². The van der Waals surface area contributed by atoms with E-state index in [9.17, 15) is 19.5 Å². The molecule has 1 aliphatic rings. The van der Waals surface area contributed by atoms with Crippen LogP contribution in [0.4, 0.5) is 11.4 Å². The fourth-order valence-electron chi connectivity index (χ4n) is 2.39. The molecular formula is C19H24N4O4. The number of carbonyl (C=O) groups excluding carboxylic acids is 2. The minimum atomic E-state index is -1.14. The van der Waals surface area contributed by atoms with Gasteiger partial charge in [-0.15, -0.1) is 0 Å². The van der Waals surface area contributed by atoms with Gasteiger partial charge in [-0.2, -0.15) is 0 Å². The summed E-state index contributed by atoms with van der Waals surface area (Å²) in [5.74, 6) is -1.95. The lowest BCUT2D eigenvalue weighted by Gasteiger charge is -2.19. The van der Waals surface area contributed by atoms with Crippen LogP contribution < -0.4 is 16.4 Å². The molecule has 1 unspecified atom stereocenters. The van der Waals surface area contributed by atoms with E-state index in [0.29, 0.717) is 12.1 Å². The average Bonchev–Trinajstić information content (AvgIpc) is 3.05. The van der Waals surface area contributed by atoms with Crippen molar-refractivity contribution in [2.75, 3.05) is 11.1 Å². The molecule has 0 aliphatic carbocycles. The molecule has 1 atom stereocenters. The number of carbonyl (C=O) groups is 3. The first-order valence-electron chi connectivity index (χ1n) is 8.51. The molecule has 1 aromatic carbocycles. The van der Waals surface area contributed by atoms with Gasteiger partial charge in [-0.1, -0.05) is 20.8 Å². The van der Waals surface area contributed by atoms with Crippen molar-refractivity contribution >= 4 is 35.4 Å². The van der Waals surface area contributed by atoms with Crippen molar-refractivity contribution in [3.63, 3.8) is 0 Å². The van der Waals surface area contributed by atoms with E-state index in [2.05, 4.69) is 15.6 Å². The lowest BCUT2D eigenvalue weighted by Crippen LogP contribution is -2.41. The molecule has 0 saturated carbocycles. The Morgan fingerprint density at radius 3 is 2.52 bits per heavy atom. The zero-order chi connectivity index (χ0) is 20.2. The Balaban J connectivity index is 2.14. The number of hydrogen-bond donors (Lipinski definition) is 4. The van der Waals surface area contributed by atoms with Crippen molar-refractivity contribution < 1.29 is 19.5 Å². The molecule has 0 aromatic heterocycles. The summed E-state index contributed by atoms with van der Waals surface area (Å²) in [4.78, 5) is 40.1. The summed E-state index contributed by atoms with van der Waals surface area (Å²) < 4.78 is 0. The highest BCUT2D eigenvalue weighted by Gasteiger charge is 2.24. The smallest absolute Gasteiger partial charge is 0.326 e.